The fraction of sp³-hybridized carbons (Fsp3) is 0.133. The summed E-state index contributed by atoms with van der Waals surface area (Å²) in [6.07, 6.45) is 0. The van der Waals surface area contributed by atoms with Crippen LogP contribution >= 0.6 is 15.9 Å². The van der Waals surface area contributed by atoms with Crippen LogP contribution in [0.5, 0.6) is 0 Å². The van der Waals surface area contributed by atoms with Gasteiger partial charge in [0.15, 0.2) is 0 Å². The molecule has 0 radical (unpaired) electrons. The maximum Gasteiger partial charge on any atom is 0.258 e. The molecule has 0 saturated heterocycles. The number of carbonyl (C=O) groups excluding carboxylic acids is 1. The van der Waals surface area contributed by atoms with E-state index >= 15 is 0 Å². The molecule has 0 aromatic heterocycles. The minimum atomic E-state index is -0.0725. The summed E-state index contributed by atoms with van der Waals surface area (Å²) in [5.74, 6) is -0.0725. The molecular weight excluding hydrogens is 304 g/mol. The molecule has 0 bridgehead atoms. The first-order valence-corrected chi connectivity index (χ1v) is 6.69. The van der Waals surface area contributed by atoms with Crippen molar-refractivity contribution < 1.29 is 4.79 Å². The van der Waals surface area contributed by atoms with Crippen LogP contribution in [0.4, 0.5) is 11.4 Å². The number of hydrogen-bond acceptors (Lipinski definition) is 2. The van der Waals surface area contributed by atoms with Gasteiger partial charge < -0.3 is 10.6 Å². The van der Waals surface area contributed by atoms with Crippen molar-refractivity contribution >= 4 is 33.2 Å². The third-order valence-electron chi connectivity index (χ3n) is 3.10. The number of halogens is 1. The van der Waals surface area contributed by atoms with Gasteiger partial charge in [0.2, 0.25) is 0 Å². The van der Waals surface area contributed by atoms with E-state index < -0.39 is 0 Å². The summed E-state index contributed by atoms with van der Waals surface area (Å²) in [6.45, 7) is 1.92. The lowest BCUT2D eigenvalue weighted by Gasteiger charge is -2.20. The fourth-order valence-corrected chi connectivity index (χ4v) is 2.29. The molecule has 1 amide bonds. The molecule has 2 aromatic carbocycles. The lowest BCUT2D eigenvalue weighted by atomic mass is 10.1. The van der Waals surface area contributed by atoms with E-state index in [9.17, 15) is 4.79 Å². The van der Waals surface area contributed by atoms with Gasteiger partial charge in [0.05, 0.1) is 11.4 Å². The van der Waals surface area contributed by atoms with Gasteiger partial charge >= 0.3 is 0 Å². The van der Waals surface area contributed by atoms with E-state index in [2.05, 4.69) is 15.9 Å². The van der Waals surface area contributed by atoms with Crippen LogP contribution in [-0.2, 0) is 0 Å². The Morgan fingerprint density at radius 1 is 1.16 bits per heavy atom. The Morgan fingerprint density at radius 2 is 1.84 bits per heavy atom. The van der Waals surface area contributed by atoms with E-state index in [1.165, 1.54) is 0 Å². The first-order valence-electron chi connectivity index (χ1n) is 5.90. The number of nitrogen functional groups attached to an aromatic ring is 1. The van der Waals surface area contributed by atoms with Crippen LogP contribution in [0.15, 0.2) is 46.9 Å². The van der Waals surface area contributed by atoms with Crippen molar-refractivity contribution in [2.45, 2.75) is 6.92 Å². The Bertz CT molecular complexity index is 625. The summed E-state index contributed by atoms with van der Waals surface area (Å²) in [4.78, 5) is 14.1. The number of nitrogens with two attached hydrogens (primary N) is 1. The van der Waals surface area contributed by atoms with Gasteiger partial charge in [-0.15, -0.1) is 0 Å². The molecule has 19 heavy (non-hydrogen) atoms. The van der Waals surface area contributed by atoms with Gasteiger partial charge in [-0.25, -0.2) is 0 Å². The third-order valence-corrected chi connectivity index (χ3v) is 3.96. The lowest BCUT2D eigenvalue weighted by molar-refractivity contribution is 0.0992. The van der Waals surface area contributed by atoms with E-state index in [-0.39, 0.29) is 5.91 Å². The molecule has 98 valence electrons. The van der Waals surface area contributed by atoms with E-state index in [0.717, 1.165) is 10.0 Å². The van der Waals surface area contributed by atoms with Crippen molar-refractivity contribution in [2.24, 2.45) is 0 Å². The molecule has 0 atom stereocenters. The second-order valence-corrected chi connectivity index (χ2v) is 5.19. The van der Waals surface area contributed by atoms with Crippen LogP contribution < -0.4 is 10.6 Å². The third kappa shape index (κ3) is 2.63. The zero-order chi connectivity index (χ0) is 14.0. The number of para-hydroxylation sites is 2. The van der Waals surface area contributed by atoms with Gasteiger partial charge in [0, 0.05) is 17.1 Å². The number of benzene rings is 2. The molecule has 3 nitrogen and oxygen atoms in total. The normalized spacial score (nSPS) is 10.3. The average Bonchev–Trinajstić information content (AvgIpc) is 2.41. The van der Waals surface area contributed by atoms with Gasteiger partial charge in [-0.05, 0) is 36.8 Å². The lowest BCUT2D eigenvalue weighted by Crippen LogP contribution is -2.27. The second-order valence-electron chi connectivity index (χ2n) is 4.34. The topological polar surface area (TPSA) is 46.3 Å². The predicted molar refractivity (Wildman–Crippen MR) is 82.5 cm³/mol. The van der Waals surface area contributed by atoms with Crippen molar-refractivity contribution in [1.29, 1.82) is 0 Å². The highest BCUT2D eigenvalue weighted by Gasteiger charge is 2.17. The van der Waals surface area contributed by atoms with E-state index in [1.54, 1.807) is 18.0 Å². The minimum absolute atomic E-state index is 0.0725. The van der Waals surface area contributed by atoms with Crippen LogP contribution in [0, 0.1) is 6.92 Å². The molecule has 0 heterocycles. The summed E-state index contributed by atoms with van der Waals surface area (Å²) in [7, 11) is 1.73. The van der Waals surface area contributed by atoms with E-state index in [4.69, 9.17) is 5.73 Å². The number of nitrogens with zero attached hydrogens (tertiary/aromatic N) is 1. The van der Waals surface area contributed by atoms with Crippen LogP contribution in [0.3, 0.4) is 0 Å². The molecule has 0 spiro atoms. The zero-order valence-corrected chi connectivity index (χ0v) is 12.4. The largest absolute Gasteiger partial charge is 0.397 e. The highest BCUT2D eigenvalue weighted by Crippen LogP contribution is 2.25. The van der Waals surface area contributed by atoms with Gasteiger partial charge in [0.25, 0.3) is 5.91 Å². The first kappa shape index (κ1) is 13.6. The summed E-state index contributed by atoms with van der Waals surface area (Å²) in [5.41, 5.74) is 8.80. The second kappa shape index (κ2) is 5.45. The Morgan fingerprint density at radius 3 is 2.53 bits per heavy atom. The van der Waals surface area contributed by atoms with E-state index in [1.807, 2.05) is 43.3 Å². The summed E-state index contributed by atoms with van der Waals surface area (Å²) in [5, 5.41) is 0. The summed E-state index contributed by atoms with van der Waals surface area (Å²) < 4.78 is 0.924. The average molecular weight is 319 g/mol. The number of anilines is 2. The Balaban J connectivity index is 2.40. The molecule has 0 aliphatic carbocycles. The monoisotopic (exact) mass is 318 g/mol. The fourth-order valence-electron chi connectivity index (χ4n) is 1.92. The van der Waals surface area contributed by atoms with Gasteiger partial charge in [-0.3, -0.25) is 4.79 Å². The van der Waals surface area contributed by atoms with Gasteiger partial charge in [-0.1, -0.05) is 34.1 Å². The Kier molecular flexibility index (Phi) is 3.90. The molecule has 2 aromatic rings. The molecule has 4 heteroatoms. The van der Waals surface area contributed by atoms with Crippen LogP contribution in [0.1, 0.15) is 15.9 Å². The van der Waals surface area contributed by atoms with Crippen molar-refractivity contribution in [3.05, 3.63) is 58.1 Å². The highest BCUT2D eigenvalue weighted by atomic mass is 79.9. The molecule has 2 rings (SSSR count). The smallest absolute Gasteiger partial charge is 0.258 e. The highest BCUT2D eigenvalue weighted by molar-refractivity contribution is 9.10. The molecule has 0 fully saturated rings. The number of hydrogen-bond donors (Lipinski definition) is 1. The maximum absolute atomic E-state index is 12.5. The SMILES string of the molecule is Cc1c(Br)cccc1C(=O)N(C)c1ccccc1N. The van der Waals surface area contributed by atoms with Crippen LogP contribution in [0.25, 0.3) is 0 Å². The van der Waals surface area contributed by atoms with Crippen molar-refractivity contribution in [3.63, 3.8) is 0 Å². The molecule has 0 aliphatic rings. The first-order chi connectivity index (χ1) is 9.02. The number of rotatable bonds is 2. The molecule has 0 aliphatic heterocycles. The number of amides is 1. The summed E-state index contributed by atoms with van der Waals surface area (Å²) in [6, 6.07) is 12.9. The molecule has 2 N–H and O–H groups in total. The molecule has 0 unspecified atom stereocenters. The summed E-state index contributed by atoms with van der Waals surface area (Å²) >= 11 is 3.44. The standard InChI is InChI=1S/C15H15BrN2O/c1-10-11(6-5-7-12(10)16)15(19)18(2)14-9-4-3-8-13(14)17/h3-9H,17H2,1-2H3. The predicted octanol–water partition coefficient (Wildman–Crippen LogP) is 3.62. The van der Waals surface area contributed by atoms with Crippen LogP contribution in [0.2, 0.25) is 0 Å². The van der Waals surface area contributed by atoms with Gasteiger partial charge in [-0.2, -0.15) is 0 Å². The minimum Gasteiger partial charge on any atom is -0.397 e. The maximum atomic E-state index is 12.5. The Hall–Kier alpha value is -1.81. The molecular formula is C15H15BrN2O. The quantitative estimate of drug-likeness (QED) is 0.860. The molecule has 0 saturated carbocycles. The Labute approximate surface area is 121 Å². The zero-order valence-electron chi connectivity index (χ0n) is 10.9. The van der Waals surface area contributed by atoms with E-state index in [0.29, 0.717) is 16.9 Å². The van der Waals surface area contributed by atoms with Gasteiger partial charge in [0.1, 0.15) is 0 Å². The number of carbonyl (C=O) groups is 1. The van der Waals surface area contributed by atoms with Crippen molar-refractivity contribution in [2.75, 3.05) is 17.7 Å². The van der Waals surface area contributed by atoms with Crippen molar-refractivity contribution in [1.82, 2.24) is 0 Å². The van der Waals surface area contributed by atoms with Crippen molar-refractivity contribution in [3.8, 4) is 0 Å². The van der Waals surface area contributed by atoms with Crippen LogP contribution in [-0.4, -0.2) is 13.0 Å².